The normalized spacial score (nSPS) is 15.3. The lowest BCUT2D eigenvalue weighted by molar-refractivity contribution is 0.0461. The minimum Gasteiger partial charge on any atom is -0.456 e. The second-order valence-electron chi connectivity index (χ2n) is 6.10. The molecule has 2 heterocycles. The van der Waals surface area contributed by atoms with Crippen molar-refractivity contribution in [2.75, 3.05) is 13.1 Å². The van der Waals surface area contributed by atoms with Crippen LogP contribution in [0.25, 0.3) is 0 Å². The molecule has 1 aliphatic rings. The first-order chi connectivity index (χ1) is 12.3. The Balaban J connectivity index is 1.75. The molecule has 0 amide bonds. The zero-order valence-electron chi connectivity index (χ0n) is 14.1. The first-order valence-corrected chi connectivity index (χ1v) is 10.3. The number of carbonyl (C=O) groups is 1. The monoisotopic (exact) mass is 416 g/mol. The molecule has 0 N–H and O–H groups in total. The molecule has 3 rings (SSSR count). The SMILES string of the molecule is Cn1cc(S(=O)(=O)N2CCCC2)cc1C(=O)OCc1ccc(Cl)cc1Cl. The lowest BCUT2D eigenvalue weighted by Gasteiger charge is -2.13. The average Bonchev–Trinajstić information content (AvgIpc) is 3.24. The molecule has 2 aromatic rings. The Kier molecular flexibility index (Phi) is 5.62. The Morgan fingerprint density at radius 2 is 1.88 bits per heavy atom. The summed E-state index contributed by atoms with van der Waals surface area (Å²) in [5, 5.41) is 0.888. The van der Waals surface area contributed by atoms with Gasteiger partial charge >= 0.3 is 5.97 Å². The van der Waals surface area contributed by atoms with Gasteiger partial charge in [0.25, 0.3) is 0 Å². The fraction of sp³-hybridized carbons (Fsp3) is 0.353. The van der Waals surface area contributed by atoms with Gasteiger partial charge in [0.2, 0.25) is 10.0 Å². The van der Waals surface area contributed by atoms with Crippen LogP contribution < -0.4 is 0 Å². The first-order valence-electron chi connectivity index (χ1n) is 8.06. The van der Waals surface area contributed by atoms with Crippen molar-refractivity contribution in [2.45, 2.75) is 24.3 Å². The summed E-state index contributed by atoms with van der Waals surface area (Å²) >= 11 is 11.9. The number of benzene rings is 1. The molecule has 0 spiro atoms. The van der Waals surface area contributed by atoms with E-state index in [2.05, 4.69) is 0 Å². The molecule has 1 aliphatic heterocycles. The van der Waals surface area contributed by atoms with Crippen LogP contribution in [0.4, 0.5) is 0 Å². The molecular formula is C17H18Cl2N2O4S. The van der Waals surface area contributed by atoms with E-state index in [1.165, 1.54) is 21.1 Å². The second kappa shape index (κ2) is 7.60. The van der Waals surface area contributed by atoms with Crippen LogP contribution in [0, 0.1) is 0 Å². The number of hydrogen-bond donors (Lipinski definition) is 0. The molecular weight excluding hydrogens is 399 g/mol. The Labute approximate surface area is 162 Å². The van der Waals surface area contributed by atoms with Crippen molar-refractivity contribution in [2.24, 2.45) is 7.05 Å². The molecule has 9 heteroatoms. The van der Waals surface area contributed by atoms with Crippen LogP contribution in [0.5, 0.6) is 0 Å². The molecule has 0 radical (unpaired) electrons. The largest absolute Gasteiger partial charge is 0.456 e. The van der Waals surface area contributed by atoms with Gasteiger partial charge < -0.3 is 9.30 Å². The highest BCUT2D eigenvalue weighted by Crippen LogP contribution is 2.24. The highest BCUT2D eigenvalue weighted by Gasteiger charge is 2.29. The van der Waals surface area contributed by atoms with E-state index >= 15 is 0 Å². The average molecular weight is 417 g/mol. The minimum atomic E-state index is -3.58. The third-order valence-corrected chi connectivity index (χ3v) is 6.72. The zero-order chi connectivity index (χ0) is 18.9. The summed E-state index contributed by atoms with van der Waals surface area (Å²) in [5.74, 6) is -0.624. The molecule has 140 valence electrons. The molecule has 6 nitrogen and oxygen atoms in total. The minimum absolute atomic E-state index is 0.0335. The fourth-order valence-electron chi connectivity index (χ4n) is 2.81. The number of esters is 1. The van der Waals surface area contributed by atoms with Crippen LogP contribution in [0.2, 0.25) is 10.0 Å². The molecule has 1 aromatic carbocycles. The second-order valence-corrected chi connectivity index (χ2v) is 8.88. The van der Waals surface area contributed by atoms with E-state index in [4.69, 9.17) is 27.9 Å². The van der Waals surface area contributed by atoms with Crippen LogP contribution in [-0.2, 0) is 28.4 Å². The molecule has 0 bridgehead atoms. The van der Waals surface area contributed by atoms with Gasteiger partial charge in [-0.25, -0.2) is 13.2 Å². The quantitative estimate of drug-likeness (QED) is 0.699. The molecule has 0 unspecified atom stereocenters. The Morgan fingerprint density at radius 3 is 2.54 bits per heavy atom. The summed E-state index contributed by atoms with van der Waals surface area (Å²) in [6.45, 7) is 0.979. The van der Waals surface area contributed by atoms with Crippen LogP contribution >= 0.6 is 23.2 Å². The maximum Gasteiger partial charge on any atom is 0.355 e. The third-order valence-electron chi connectivity index (χ3n) is 4.27. The van der Waals surface area contributed by atoms with E-state index in [9.17, 15) is 13.2 Å². The van der Waals surface area contributed by atoms with Crippen LogP contribution in [0.15, 0.2) is 35.4 Å². The Hall–Kier alpha value is -1.54. The number of aromatic nitrogens is 1. The molecule has 0 aliphatic carbocycles. The number of carbonyl (C=O) groups excluding carboxylic acids is 1. The number of nitrogens with zero attached hydrogens (tertiary/aromatic N) is 2. The van der Waals surface area contributed by atoms with Crippen LogP contribution in [0.3, 0.4) is 0 Å². The van der Waals surface area contributed by atoms with Gasteiger partial charge in [-0.05, 0) is 31.0 Å². The fourth-order valence-corrected chi connectivity index (χ4v) is 4.86. The lowest BCUT2D eigenvalue weighted by Crippen LogP contribution is -2.27. The Morgan fingerprint density at radius 1 is 1.19 bits per heavy atom. The van der Waals surface area contributed by atoms with E-state index in [-0.39, 0.29) is 17.2 Å². The summed E-state index contributed by atoms with van der Waals surface area (Å²) in [6, 6.07) is 6.24. The van der Waals surface area contributed by atoms with Gasteiger partial charge in [-0.1, -0.05) is 29.3 Å². The van der Waals surface area contributed by atoms with Gasteiger partial charge in [0.05, 0.1) is 0 Å². The number of rotatable bonds is 5. The van der Waals surface area contributed by atoms with Gasteiger partial charge in [-0.3, -0.25) is 0 Å². The highest BCUT2D eigenvalue weighted by atomic mass is 35.5. The van der Waals surface area contributed by atoms with E-state index in [0.717, 1.165) is 12.8 Å². The van der Waals surface area contributed by atoms with Gasteiger partial charge in [-0.2, -0.15) is 4.31 Å². The third kappa shape index (κ3) is 3.91. The van der Waals surface area contributed by atoms with Crippen molar-refractivity contribution in [3.63, 3.8) is 0 Å². The van der Waals surface area contributed by atoms with Crippen molar-refractivity contribution < 1.29 is 17.9 Å². The molecule has 1 aromatic heterocycles. The van der Waals surface area contributed by atoms with E-state index in [0.29, 0.717) is 28.7 Å². The molecule has 0 atom stereocenters. The van der Waals surface area contributed by atoms with Crippen molar-refractivity contribution in [3.05, 3.63) is 51.8 Å². The van der Waals surface area contributed by atoms with Gasteiger partial charge in [0.15, 0.2) is 0 Å². The van der Waals surface area contributed by atoms with E-state index < -0.39 is 16.0 Å². The molecule has 1 saturated heterocycles. The highest BCUT2D eigenvalue weighted by molar-refractivity contribution is 7.89. The number of ether oxygens (including phenoxy) is 1. The number of halogens is 2. The Bertz CT molecular complexity index is 934. The molecule has 26 heavy (non-hydrogen) atoms. The first kappa shape index (κ1) is 19.2. The van der Waals surface area contributed by atoms with Gasteiger partial charge in [0, 0.05) is 41.9 Å². The number of aryl methyl sites for hydroxylation is 1. The summed E-state index contributed by atoms with van der Waals surface area (Å²) in [6.07, 6.45) is 3.13. The van der Waals surface area contributed by atoms with Crippen LogP contribution in [0.1, 0.15) is 28.9 Å². The molecule has 0 saturated carbocycles. The number of sulfonamides is 1. The maximum atomic E-state index is 12.6. The summed E-state index contributed by atoms with van der Waals surface area (Å²) in [7, 11) is -1.98. The zero-order valence-corrected chi connectivity index (χ0v) is 16.4. The topological polar surface area (TPSA) is 68.6 Å². The smallest absolute Gasteiger partial charge is 0.355 e. The van der Waals surface area contributed by atoms with E-state index in [1.54, 1.807) is 25.2 Å². The van der Waals surface area contributed by atoms with Gasteiger partial charge in [-0.15, -0.1) is 0 Å². The number of hydrogen-bond acceptors (Lipinski definition) is 4. The van der Waals surface area contributed by atoms with Crippen molar-refractivity contribution in [3.8, 4) is 0 Å². The lowest BCUT2D eigenvalue weighted by atomic mass is 10.2. The van der Waals surface area contributed by atoms with Crippen molar-refractivity contribution in [1.29, 1.82) is 0 Å². The molecule has 1 fully saturated rings. The van der Waals surface area contributed by atoms with Gasteiger partial charge in [0.1, 0.15) is 17.2 Å². The van der Waals surface area contributed by atoms with E-state index in [1.807, 2.05) is 0 Å². The standard InChI is InChI=1S/C17H18Cl2N2O4S/c1-20-10-14(26(23,24)21-6-2-3-7-21)9-16(20)17(22)25-11-12-4-5-13(18)8-15(12)19/h4-5,8-10H,2-3,6-7,11H2,1H3. The predicted octanol–water partition coefficient (Wildman–Crippen LogP) is 3.47. The summed E-state index contributed by atoms with van der Waals surface area (Å²) < 4.78 is 33.4. The summed E-state index contributed by atoms with van der Waals surface area (Å²) in [5.41, 5.74) is 0.774. The van der Waals surface area contributed by atoms with Crippen molar-refractivity contribution in [1.82, 2.24) is 8.87 Å². The van der Waals surface area contributed by atoms with Crippen molar-refractivity contribution >= 4 is 39.2 Å². The maximum absolute atomic E-state index is 12.6. The van der Waals surface area contributed by atoms with Crippen LogP contribution in [-0.4, -0.2) is 36.3 Å². The summed E-state index contributed by atoms with van der Waals surface area (Å²) in [4.78, 5) is 12.5. The predicted molar refractivity (Wildman–Crippen MR) is 99.0 cm³/mol.